The molecule has 0 saturated carbocycles. The molecule has 112 valence electrons. The molecule has 0 saturated heterocycles. The molecule has 7 heteroatoms. The number of benzene rings is 1. The topological polar surface area (TPSA) is 89.3 Å². The number of carbonyl (C=O) groups excluding carboxylic acids is 1. The predicted molar refractivity (Wildman–Crippen MR) is 77.6 cm³/mol. The number of hydrogen-bond donors (Lipinski definition) is 2. The van der Waals surface area contributed by atoms with E-state index in [0.29, 0.717) is 6.42 Å². The van der Waals surface area contributed by atoms with Gasteiger partial charge in [-0.1, -0.05) is 13.8 Å². The molecule has 0 atom stereocenters. The van der Waals surface area contributed by atoms with Crippen molar-refractivity contribution in [1.82, 2.24) is 0 Å². The highest BCUT2D eigenvalue weighted by molar-refractivity contribution is 7.92. The van der Waals surface area contributed by atoms with E-state index in [2.05, 4.69) is 5.32 Å². The lowest BCUT2D eigenvalue weighted by atomic mass is 10.2. The molecule has 0 fully saturated rings. The van der Waals surface area contributed by atoms with Crippen LogP contribution >= 0.6 is 0 Å². The fraction of sp³-hybridized carbons (Fsp3) is 0.462. The molecule has 0 aliphatic carbocycles. The van der Waals surface area contributed by atoms with Crippen molar-refractivity contribution in [3.63, 3.8) is 0 Å². The molecule has 20 heavy (non-hydrogen) atoms. The minimum atomic E-state index is -3.47. The monoisotopic (exact) mass is 302 g/mol. The van der Waals surface area contributed by atoms with Crippen LogP contribution in [0.3, 0.4) is 0 Å². The van der Waals surface area contributed by atoms with E-state index in [1.54, 1.807) is 0 Å². The SMILES string of the molecule is CC(C)CCS(=O)(=O)CC(=O)Nc1cc(F)ccc1N. The third-order valence-corrected chi connectivity index (χ3v) is 4.21. The highest BCUT2D eigenvalue weighted by Crippen LogP contribution is 2.19. The minimum absolute atomic E-state index is 0.0449. The number of nitrogen functional groups attached to an aromatic ring is 1. The summed E-state index contributed by atoms with van der Waals surface area (Å²) in [6, 6.07) is 3.51. The smallest absolute Gasteiger partial charge is 0.239 e. The molecule has 1 amide bonds. The van der Waals surface area contributed by atoms with E-state index < -0.39 is 27.3 Å². The van der Waals surface area contributed by atoms with Gasteiger partial charge in [0.15, 0.2) is 9.84 Å². The maximum Gasteiger partial charge on any atom is 0.239 e. The first-order valence-electron chi connectivity index (χ1n) is 6.25. The second-order valence-corrected chi connectivity index (χ2v) is 7.24. The van der Waals surface area contributed by atoms with E-state index in [9.17, 15) is 17.6 Å². The van der Waals surface area contributed by atoms with Gasteiger partial charge >= 0.3 is 0 Å². The molecule has 0 aliphatic rings. The fourth-order valence-corrected chi connectivity index (χ4v) is 2.96. The van der Waals surface area contributed by atoms with Crippen molar-refractivity contribution in [3.05, 3.63) is 24.0 Å². The standard InChI is InChI=1S/C13H19FN2O3S/c1-9(2)5-6-20(18,19)8-13(17)16-12-7-10(14)3-4-11(12)15/h3-4,7,9H,5-6,8,15H2,1-2H3,(H,16,17). The van der Waals surface area contributed by atoms with Gasteiger partial charge in [-0.25, -0.2) is 12.8 Å². The molecule has 0 aliphatic heterocycles. The Kier molecular flexibility index (Phi) is 5.50. The molecule has 1 aromatic carbocycles. The molecule has 0 spiro atoms. The first-order valence-corrected chi connectivity index (χ1v) is 8.07. The molecular formula is C13H19FN2O3S. The zero-order valence-electron chi connectivity index (χ0n) is 11.5. The van der Waals surface area contributed by atoms with Crippen LogP contribution < -0.4 is 11.1 Å². The van der Waals surface area contributed by atoms with Gasteiger partial charge in [0, 0.05) is 0 Å². The third kappa shape index (κ3) is 5.56. The Morgan fingerprint density at radius 1 is 1.40 bits per heavy atom. The van der Waals surface area contributed by atoms with Crippen LogP contribution in [0.1, 0.15) is 20.3 Å². The molecule has 0 unspecified atom stereocenters. The van der Waals surface area contributed by atoms with Crippen molar-refractivity contribution in [1.29, 1.82) is 0 Å². The number of halogens is 1. The third-order valence-electron chi connectivity index (χ3n) is 2.65. The van der Waals surface area contributed by atoms with Crippen LogP contribution in [0, 0.1) is 11.7 Å². The maximum atomic E-state index is 13.0. The maximum absolute atomic E-state index is 13.0. The number of hydrogen-bond acceptors (Lipinski definition) is 4. The van der Waals surface area contributed by atoms with Gasteiger partial charge in [0.25, 0.3) is 0 Å². The lowest BCUT2D eigenvalue weighted by molar-refractivity contribution is -0.113. The lowest BCUT2D eigenvalue weighted by Gasteiger charge is -2.09. The van der Waals surface area contributed by atoms with Gasteiger partial charge in [-0.3, -0.25) is 4.79 Å². The Bertz CT molecular complexity index is 585. The summed E-state index contributed by atoms with van der Waals surface area (Å²) >= 11 is 0. The molecule has 0 aromatic heterocycles. The second kappa shape index (κ2) is 6.69. The van der Waals surface area contributed by atoms with E-state index >= 15 is 0 Å². The summed E-state index contributed by atoms with van der Waals surface area (Å²) in [6.07, 6.45) is 0.498. The van der Waals surface area contributed by atoms with Gasteiger partial charge in [0.1, 0.15) is 11.6 Å². The van der Waals surface area contributed by atoms with E-state index in [1.165, 1.54) is 6.07 Å². The van der Waals surface area contributed by atoms with Gasteiger partial charge < -0.3 is 11.1 Å². The van der Waals surface area contributed by atoms with Gasteiger partial charge in [0.05, 0.1) is 17.1 Å². The van der Waals surface area contributed by atoms with Crippen LogP contribution in [0.15, 0.2) is 18.2 Å². The van der Waals surface area contributed by atoms with Crippen LogP contribution in [0.2, 0.25) is 0 Å². The van der Waals surface area contributed by atoms with Crippen LogP contribution in [-0.2, 0) is 14.6 Å². The number of nitrogens with two attached hydrogens (primary N) is 1. The summed E-state index contributed by atoms with van der Waals surface area (Å²) in [4.78, 5) is 11.7. The van der Waals surface area contributed by atoms with Gasteiger partial charge in [-0.05, 0) is 30.5 Å². The molecule has 0 heterocycles. The summed E-state index contributed by atoms with van der Waals surface area (Å²) in [5.41, 5.74) is 5.83. The average molecular weight is 302 g/mol. The van der Waals surface area contributed by atoms with Crippen molar-refractivity contribution in [3.8, 4) is 0 Å². The Hall–Kier alpha value is -1.63. The fourth-order valence-electron chi connectivity index (χ4n) is 1.51. The van der Waals surface area contributed by atoms with Crippen molar-refractivity contribution in [2.24, 2.45) is 5.92 Å². The summed E-state index contributed by atoms with van der Waals surface area (Å²) in [7, 11) is -3.47. The van der Waals surface area contributed by atoms with Gasteiger partial charge in [-0.2, -0.15) is 0 Å². The number of sulfone groups is 1. The Morgan fingerprint density at radius 2 is 2.05 bits per heavy atom. The summed E-state index contributed by atoms with van der Waals surface area (Å²) in [5.74, 6) is -1.71. The van der Waals surface area contributed by atoms with E-state index in [0.717, 1.165) is 12.1 Å². The van der Waals surface area contributed by atoms with Crippen molar-refractivity contribution in [2.75, 3.05) is 22.6 Å². The Morgan fingerprint density at radius 3 is 2.65 bits per heavy atom. The first kappa shape index (κ1) is 16.4. The van der Waals surface area contributed by atoms with Crippen LogP contribution in [0.4, 0.5) is 15.8 Å². The van der Waals surface area contributed by atoms with E-state index in [1.807, 2.05) is 13.8 Å². The average Bonchev–Trinajstić information content (AvgIpc) is 2.31. The summed E-state index contributed by atoms with van der Waals surface area (Å²) < 4.78 is 36.5. The number of carbonyl (C=O) groups is 1. The molecule has 5 nitrogen and oxygen atoms in total. The highest BCUT2D eigenvalue weighted by atomic mass is 32.2. The number of nitrogens with one attached hydrogen (secondary N) is 1. The number of amides is 1. The molecule has 1 aromatic rings. The molecule has 0 radical (unpaired) electrons. The first-order chi connectivity index (χ1) is 9.19. The highest BCUT2D eigenvalue weighted by Gasteiger charge is 2.18. The predicted octanol–water partition coefficient (Wildman–Crippen LogP) is 1.81. The normalized spacial score (nSPS) is 11.6. The minimum Gasteiger partial charge on any atom is -0.397 e. The van der Waals surface area contributed by atoms with E-state index in [4.69, 9.17) is 5.73 Å². The quantitative estimate of drug-likeness (QED) is 0.784. The molecule has 3 N–H and O–H groups in total. The molecular weight excluding hydrogens is 283 g/mol. The van der Waals surface area contributed by atoms with Crippen molar-refractivity contribution >= 4 is 27.1 Å². The Balaban J connectivity index is 2.66. The van der Waals surface area contributed by atoms with Crippen LogP contribution in [-0.4, -0.2) is 25.8 Å². The number of rotatable bonds is 6. The van der Waals surface area contributed by atoms with Gasteiger partial charge in [-0.15, -0.1) is 0 Å². The van der Waals surface area contributed by atoms with E-state index in [-0.39, 0.29) is 23.0 Å². The Labute approximate surface area is 118 Å². The number of anilines is 2. The van der Waals surface area contributed by atoms with Crippen molar-refractivity contribution < 1.29 is 17.6 Å². The van der Waals surface area contributed by atoms with Crippen LogP contribution in [0.25, 0.3) is 0 Å². The summed E-state index contributed by atoms with van der Waals surface area (Å²) in [5, 5.41) is 2.31. The lowest BCUT2D eigenvalue weighted by Crippen LogP contribution is -2.25. The molecule has 0 bridgehead atoms. The second-order valence-electron chi connectivity index (χ2n) is 5.05. The van der Waals surface area contributed by atoms with Crippen LogP contribution in [0.5, 0.6) is 0 Å². The molecule has 1 rings (SSSR count). The zero-order valence-corrected chi connectivity index (χ0v) is 12.3. The largest absolute Gasteiger partial charge is 0.397 e. The zero-order chi connectivity index (χ0) is 15.3. The van der Waals surface area contributed by atoms with Crippen molar-refractivity contribution in [2.45, 2.75) is 20.3 Å². The summed E-state index contributed by atoms with van der Waals surface area (Å²) in [6.45, 7) is 3.81. The van der Waals surface area contributed by atoms with Gasteiger partial charge in [0.2, 0.25) is 5.91 Å².